The lowest BCUT2D eigenvalue weighted by molar-refractivity contribution is -0.432. The number of aryl methyl sites for hydroxylation is 1. The van der Waals surface area contributed by atoms with Crippen molar-refractivity contribution in [3.05, 3.63) is 72.2 Å². The highest BCUT2D eigenvalue weighted by Crippen LogP contribution is 2.47. The van der Waals surface area contributed by atoms with Gasteiger partial charge >= 0.3 is 0 Å². The van der Waals surface area contributed by atoms with Crippen molar-refractivity contribution < 1.29 is 73.2 Å². The van der Waals surface area contributed by atoms with Gasteiger partial charge in [-0.25, -0.2) is 13.7 Å². The summed E-state index contributed by atoms with van der Waals surface area (Å²) in [6, 6.07) is 5.42. The van der Waals surface area contributed by atoms with Gasteiger partial charge in [0.2, 0.25) is 15.9 Å². The van der Waals surface area contributed by atoms with Crippen LogP contribution in [0.4, 0.5) is 22.7 Å². The fourth-order valence-corrected chi connectivity index (χ4v) is 8.01. The van der Waals surface area contributed by atoms with Gasteiger partial charge in [-0.1, -0.05) is 24.3 Å². The van der Waals surface area contributed by atoms with Gasteiger partial charge < -0.3 is 19.9 Å². The number of ketones is 1. The molecule has 1 unspecified atom stereocenters. The topological polar surface area (TPSA) is 316 Å². The Bertz CT molecular complexity index is 2760. The van der Waals surface area contributed by atoms with E-state index < -0.39 is 85.8 Å². The molecule has 0 aliphatic carbocycles. The number of nitrogens with zero attached hydrogens (tertiary/aromatic N) is 4. The SMILES string of the molecule is C=Cc1cc(S(=O)(=O)O)c(N=Nc2c(SOOO)cc3c(S(=O)(=O)O)c(NC(=O)C(N=Nc4cc(OC)c(S(=O)(=O)C=C)cc4OC)C(C)=O)ccc3c2O)cc1C. The lowest BCUT2D eigenvalue weighted by Crippen LogP contribution is -2.32. The molecule has 25 heteroatoms. The summed E-state index contributed by atoms with van der Waals surface area (Å²) in [5.74, 6) is -3.42. The maximum atomic E-state index is 13.5. The molecule has 308 valence electrons. The van der Waals surface area contributed by atoms with E-state index in [0.717, 1.165) is 43.3 Å². The average molecular weight is 882 g/mol. The number of amides is 1. The predicted octanol–water partition coefficient (Wildman–Crippen LogP) is 6.45. The molecule has 1 atom stereocenters. The number of rotatable bonds is 17. The average Bonchev–Trinajstić information content (AvgIpc) is 3.15. The van der Waals surface area contributed by atoms with E-state index in [1.54, 1.807) is 6.92 Å². The Hall–Kier alpha value is -5.64. The van der Waals surface area contributed by atoms with Crippen molar-refractivity contribution in [2.24, 2.45) is 20.5 Å². The highest BCUT2D eigenvalue weighted by Gasteiger charge is 2.30. The lowest BCUT2D eigenvalue weighted by atomic mass is 10.1. The van der Waals surface area contributed by atoms with Gasteiger partial charge in [-0.15, -0.1) is 14.6 Å². The van der Waals surface area contributed by atoms with Crippen molar-refractivity contribution in [3.8, 4) is 17.2 Å². The third-order valence-electron chi connectivity index (χ3n) is 7.86. The van der Waals surface area contributed by atoms with Crippen LogP contribution >= 0.6 is 12.0 Å². The van der Waals surface area contributed by atoms with Gasteiger partial charge in [0.1, 0.15) is 43.2 Å². The second kappa shape index (κ2) is 17.9. The number of azo groups is 2. The summed E-state index contributed by atoms with van der Waals surface area (Å²) < 4.78 is 110. The number of benzene rings is 4. The summed E-state index contributed by atoms with van der Waals surface area (Å²) in [5, 5.41) is 41.2. The molecule has 0 saturated carbocycles. The van der Waals surface area contributed by atoms with Crippen molar-refractivity contribution in [3.63, 3.8) is 0 Å². The molecule has 0 aromatic heterocycles. The maximum Gasteiger partial charge on any atom is 0.297 e. The van der Waals surface area contributed by atoms with Gasteiger partial charge in [0.05, 0.1) is 36.8 Å². The van der Waals surface area contributed by atoms with Gasteiger partial charge in [0.15, 0.2) is 11.5 Å². The number of sulfone groups is 1. The van der Waals surface area contributed by atoms with Crippen LogP contribution in [0.25, 0.3) is 16.8 Å². The van der Waals surface area contributed by atoms with Gasteiger partial charge in [-0.2, -0.15) is 27.1 Å². The zero-order valence-electron chi connectivity index (χ0n) is 30.3. The Balaban J connectivity index is 1.86. The second-order valence-electron chi connectivity index (χ2n) is 11.5. The molecule has 4 rings (SSSR count). The molecular formula is C33H31N5O16S4. The van der Waals surface area contributed by atoms with Crippen molar-refractivity contribution in [1.29, 1.82) is 0 Å². The van der Waals surface area contributed by atoms with Crippen molar-refractivity contribution in [2.45, 2.75) is 39.5 Å². The Morgan fingerprint density at radius 3 is 2.09 bits per heavy atom. The fourth-order valence-electron chi connectivity index (χ4n) is 5.16. The van der Waals surface area contributed by atoms with Crippen LogP contribution in [-0.2, 0) is 49.0 Å². The quantitative estimate of drug-likeness (QED) is 0.0190. The van der Waals surface area contributed by atoms with Crippen molar-refractivity contribution in [1.82, 2.24) is 0 Å². The number of phenols is 1. The molecule has 0 radical (unpaired) electrons. The first kappa shape index (κ1) is 45.1. The summed E-state index contributed by atoms with van der Waals surface area (Å²) in [6.45, 7) is 9.37. The summed E-state index contributed by atoms with van der Waals surface area (Å²) in [7, 11) is -11.9. The number of anilines is 1. The Morgan fingerprint density at radius 1 is 0.862 bits per heavy atom. The van der Waals surface area contributed by atoms with Gasteiger partial charge in [-0.3, -0.25) is 18.7 Å². The standard InChI is InChI=1S/C33H31N5O16S4/c1-7-18-12-27(57(45,46)47)23(11-16(18)3)36-38-30-26(55-54-53-42)13-20-19(31(30)40)9-10-21(32(20)58(48,49)50)34-33(41)29(17(4)39)37-35-22-14-25(52-6)28(15-24(22)51-5)56(43,44)8-2/h7-15,29,40,42H,1-2H2,3-6H3,(H,34,41)(H,45,46,47)(H,48,49,50). The number of fused-ring (bicyclic) bond motifs is 1. The zero-order valence-corrected chi connectivity index (χ0v) is 33.6. The molecule has 0 fully saturated rings. The maximum absolute atomic E-state index is 13.5. The van der Waals surface area contributed by atoms with Crippen molar-refractivity contribution >= 4 is 93.4 Å². The fraction of sp³-hybridized carbons (Fsp3) is 0.152. The molecule has 0 heterocycles. The van der Waals surface area contributed by atoms with E-state index >= 15 is 0 Å². The number of carbonyl (C=O) groups is 2. The normalized spacial score (nSPS) is 12.8. The minimum atomic E-state index is -5.34. The number of ether oxygens (including phenoxy) is 2. The third-order valence-corrected chi connectivity index (χ3v) is 11.7. The molecule has 1 amide bonds. The van der Waals surface area contributed by atoms with Crippen LogP contribution in [0.2, 0.25) is 0 Å². The smallest absolute Gasteiger partial charge is 0.297 e. The molecule has 4 aromatic rings. The third kappa shape index (κ3) is 9.72. The van der Waals surface area contributed by atoms with Gasteiger partial charge in [-0.05, 0) is 55.3 Å². The van der Waals surface area contributed by atoms with Crippen LogP contribution < -0.4 is 14.8 Å². The van der Waals surface area contributed by atoms with Crippen LogP contribution in [0.5, 0.6) is 17.2 Å². The second-order valence-corrected chi connectivity index (χ2v) is 16.8. The highest BCUT2D eigenvalue weighted by molar-refractivity contribution is 7.95. The number of phenolic OH excluding ortho intramolecular Hbond substituents is 1. The molecule has 21 nitrogen and oxygen atoms in total. The highest BCUT2D eigenvalue weighted by atomic mass is 32.2. The molecular weight excluding hydrogens is 851 g/mol. The number of carbonyl (C=O) groups excluding carboxylic acids is 2. The number of Topliss-reactive ketones (excluding diaryl/α,β-unsaturated/α-hetero) is 1. The number of aromatic hydroxyl groups is 1. The number of hydrogen-bond donors (Lipinski definition) is 5. The van der Waals surface area contributed by atoms with E-state index in [4.69, 9.17) is 14.7 Å². The molecule has 58 heavy (non-hydrogen) atoms. The van der Waals surface area contributed by atoms with E-state index in [1.165, 1.54) is 26.4 Å². The summed E-state index contributed by atoms with van der Waals surface area (Å²) in [5.41, 5.74) is -0.964. The molecule has 0 bridgehead atoms. The number of hydrogen-bond acceptors (Lipinski definition) is 19. The van der Waals surface area contributed by atoms with Crippen LogP contribution in [0.1, 0.15) is 18.1 Å². The van der Waals surface area contributed by atoms with Crippen LogP contribution in [0, 0.1) is 6.92 Å². The minimum Gasteiger partial charge on any atom is -0.505 e. The first-order valence-electron chi connectivity index (χ1n) is 15.6. The molecule has 0 saturated heterocycles. The molecule has 0 spiro atoms. The summed E-state index contributed by atoms with van der Waals surface area (Å²) in [4.78, 5) is 23.7. The Labute approximate surface area is 334 Å². The molecule has 0 aliphatic rings. The number of nitrogens with one attached hydrogen (secondary N) is 1. The summed E-state index contributed by atoms with van der Waals surface area (Å²) in [6.07, 6.45) is 1.33. The largest absolute Gasteiger partial charge is 0.505 e. The van der Waals surface area contributed by atoms with E-state index in [0.29, 0.717) is 16.5 Å². The lowest BCUT2D eigenvalue weighted by Gasteiger charge is -2.16. The van der Waals surface area contributed by atoms with Crippen LogP contribution in [0.3, 0.4) is 0 Å². The molecule has 5 N–H and O–H groups in total. The summed E-state index contributed by atoms with van der Waals surface area (Å²) >= 11 is 0.131. The Kier molecular flexibility index (Phi) is 13.9. The Morgan fingerprint density at radius 2 is 1.53 bits per heavy atom. The van der Waals surface area contributed by atoms with E-state index in [2.05, 4.69) is 48.3 Å². The van der Waals surface area contributed by atoms with Gasteiger partial charge in [0, 0.05) is 28.3 Å². The predicted molar refractivity (Wildman–Crippen MR) is 206 cm³/mol. The number of methoxy groups -OCH3 is 2. The first-order valence-corrected chi connectivity index (χ1v) is 20.8. The molecule has 4 aromatic carbocycles. The first-order chi connectivity index (χ1) is 27.1. The van der Waals surface area contributed by atoms with Gasteiger partial charge in [0.25, 0.3) is 26.1 Å². The van der Waals surface area contributed by atoms with E-state index in [-0.39, 0.29) is 44.4 Å². The monoisotopic (exact) mass is 881 g/mol. The van der Waals surface area contributed by atoms with E-state index in [9.17, 15) is 49.1 Å². The zero-order chi connectivity index (χ0) is 43.3. The van der Waals surface area contributed by atoms with Crippen molar-refractivity contribution in [2.75, 3.05) is 19.5 Å². The minimum absolute atomic E-state index is 0.131. The van der Waals surface area contributed by atoms with E-state index in [1.807, 2.05) is 0 Å². The molecule has 0 aliphatic heterocycles. The van der Waals surface area contributed by atoms with Crippen LogP contribution in [-0.4, -0.2) is 76.7 Å². The van der Waals surface area contributed by atoms with Crippen LogP contribution in [0.15, 0.2) is 101 Å².